The van der Waals surface area contributed by atoms with Crippen molar-refractivity contribution in [2.75, 3.05) is 0 Å². The Morgan fingerprint density at radius 1 is 1.11 bits per heavy atom. The van der Waals surface area contributed by atoms with Gasteiger partial charge in [0.25, 0.3) is 0 Å². The molecule has 0 aromatic carbocycles. The van der Waals surface area contributed by atoms with E-state index in [1.807, 2.05) is 0 Å². The summed E-state index contributed by atoms with van der Waals surface area (Å²) < 4.78 is 0. The topological polar surface area (TPSA) is 12.9 Å². The highest BCUT2D eigenvalue weighted by atomic mass is 14.7. The maximum Gasteiger partial charge on any atom is 0.0434 e. The van der Waals surface area contributed by atoms with Crippen LogP contribution in [-0.4, -0.2) is 4.98 Å². The third kappa shape index (κ3) is 3.13. The van der Waals surface area contributed by atoms with Crippen LogP contribution in [0.1, 0.15) is 78.0 Å². The number of aromatic nitrogens is 1. The van der Waals surface area contributed by atoms with Gasteiger partial charge in [0.15, 0.2) is 0 Å². The molecule has 0 aliphatic heterocycles. The molecule has 0 N–H and O–H groups in total. The Balaban J connectivity index is 2.92. The lowest BCUT2D eigenvalue weighted by Crippen LogP contribution is -2.20. The molecule has 1 rings (SSSR count). The summed E-state index contributed by atoms with van der Waals surface area (Å²) in [6.45, 7) is 13.7. The Morgan fingerprint density at radius 3 is 2.11 bits per heavy atom. The molecule has 1 nitrogen and oxygen atoms in total. The Bertz CT molecular complexity index is 348. The molecule has 1 unspecified atom stereocenters. The predicted octanol–water partition coefficient (Wildman–Crippen LogP) is 5.31. The summed E-state index contributed by atoms with van der Waals surface area (Å²) in [6, 6.07) is 4.52. The quantitative estimate of drug-likeness (QED) is 0.664. The fourth-order valence-corrected chi connectivity index (χ4v) is 2.33. The number of rotatable bonds is 6. The molecule has 0 aliphatic carbocycles. The normalized spacial score (nSPS) is 15.4. The SMILES string of the molecule is CC[C@H](C)C(C)c1ccc(C(C)(CC)CC)cn1. The van der Waals surface area contributed by atoms with E-state index in [9.17, 15) is 0 Å². The zero-order chi connectivity index (χ0) is 13.8. The van der Waals surface area contributed by atoms with E-state index >= 15 is 0 Å². The summed E-state index contributed by atoms with van der Waals surface area (Å²) in [6.07, 6.45) is 5.66. The molecule has 0 saturated carbocycles. The molecule has 1 aromatic rings. The van der Waals surface area contributed by atoms with Crippen molar-refractivity contribution < 1.29 is 0 Å². The second-order valence-electron chi connectivity index (χ2n) is 5.91. The molecular formula is C17H29N. The van der Waals surface area contributed by atoms with Gasteiger partial charge in [-0.2, -0.15) is 0 Å². The molecule has 1 heterocycles. The van der Waals surface area contributed by atoms with Crippen molar-refractivity contribution in [2.24, 2.45) is 5.92 Å². The van der Waals surface area contributed by atoms with Crippen LogP contribution in [0.4, 0.5) is 0 Å². The first kappa shape index (κ1) is 15.2. The maximum atomic E-state index is 4.71. The number of pyridine rings is 1. The maximum absolute atomic E-state index is 4.71. The summed E-state index contributed by atoms with van der Waals surface area (Å²) in [5.41, 5.74) is 2.90. The monoisotopic (exact) mass is 247 g/mol. The van der Waals surface area contributed by atoms with Crippen molar-refractivity contribution in [1.82, 2.24) is 4.98 Å². The Morgan fingerprint density at radius 2 is 1.72 bits per heavy atom. The summed E-state index contributed by atoms with van der Waals surface area (Å²) in [7, 11) is 0. The minimum Gasteiger partial charge on any atom is -0.261 e. The molecule has 1 aromatic heterocycles. The standard InChI is InChI=1S/C17H29N/c1-7-13(4)14(5)16-11-10-15(12-18-16)17(6,8-2)9-3/h10-14H,7-9H2,1-6H3/t13-,14?/m0/s1. The molecule has 1 heteroatoms. The zero-order valence-electron chi connectivity index (χ0n) is 13.0. The molecule has 102 valence electrons. The molecule has 0 bridgehead atoms. The average molecular weight is 247 g/mol. The van der Waals surface area contributed by atoms with Crippen molar-refractivity contribution in [3.05, 3.63) is 29.6 Å². The predicted molar refractivity (Wildman–Crippen MR) is 80.0 cm³/mol. The molecule has 0 amide bonds. The first-order chi connectivity index (χ1) is 8.48. The third-order valence-electron chi connectivity index (χ3n) is 5.01. The van der Waals surface area contributed by atoms with Gasteiger partial charge in [0, 0.05) is 17.8 Å². The molecule has 0 radical (unpaired) electrons. The van der Waals surface area contributed by atoms with E-state index in [-0.39, 0.29) is 5.41 Å². The first-order valence-corrected chi connectivity index (χ1v) is 7.44. The van der Waals surface area contributed by atoms with E-state index in [1.54, 1.807) is 0 Å². The van der Waals surface area contributed by atoms with E-state index in [1.165, 1.54) is 30.5 Å². The molecule has 0 aliphatic rings. The van der Waals surface area contributed by atoms with E-state index in [4.69, 9.17) is 4.98 Å². The van der Waals surface area contributed by atoms with Gasteiger partial charge in [-0.05, 0) is 35.8 Å². The van der Waals surface area contributed by atoms with Gasteiger partial charge >= 0.3 is 0 Å². The minimum absolute atomic E-state index is 0.283. The van der Waals surface area contributed by atoms with E-state index in [0.29, 0.717) is 11.8 Å². The van der Waals surface area contributed by atoms with Crippen LogP contribution in [0, 0.1) is 5.92 Å². The second kappa shape index (κ2) is 6.36. The third-order valence-corrected chi connectivity index (χ3v) is 5.01. The van der Waals surface area contributed by atoms with Gasteiger partial charge in [0.1, 0.15) is 0 Å². The Labute approximate surface area is 113 Å². The molecule has 2 atom stereocenters. The fraction of sp³-hybridized carbons (Fsp3) is 0.706. The first-order valence-electron chi connectivity index (χ1n) is 7.44. The number of hydrogen-bond acceptors (Lipinski definition) is 1. The van der Waals surface area contributed by atoms with Gasteiger partial charge in [-0.3, -0.25) is 4.98 Å². The molecule has 0 fully saturated rings. The van der Waals surface area contributed by atoms with Crippen molar-refractivity contribution in [2.45, 2.75) is 72.1 Å². The Kier molecular flexibility index (Phi) is 5.37. The molecule has 0 spiro atoms. The highest BCUT2D eigenvalue weighted by Gasteiger charge is 2.23. The fourth-order valence-electron chi connectivity index (χ4n) is 2.33. The van der Waals surface area contributed by atoms with Crippen LogP contribution in [0.25, 0.3) is 0 Å². The smallest absolute Gasteiger partial charge is 0.0434 e. The van der Waals surface area contributed by atoms with Crippen LogP contribution in [-0.2, 0) is 5.41 Å². The van der Waals surface area contributed by atoms with Crippen LogP contribution < -0.4 is 0 Å². The van der Waals surface area contributed by atoms with Gasteiger partial charge in [0.05, 0.1) is 0 Å². The lowest BCUT2D eigenvalue weighted by molar-refractivity contribution is 0.434. The van der Waals surface area contributed by atoms with E-state index in [0.717, 1.165) is 0 Å². The van der Waals surface area contributed by atoms with E-state index in [2.05, 4.69) is 59.9 Å². The summed E-state index contributed by atoms with van der Waals surface area (Å²) in [5.74, 6) is 1.26. The molecular weight excluding hydrogens is 218 g/mol. The van der Waals surface area contributed by atoms with Crippen molar-refractivity contribution in [3.63, 3.8) is 0 Å². The van der Waals surface area contributed by atoms with Crippen LogP contribution in [0.3, 0.4) is 0 Å². The summed E-state index contributed by atoms with van der Waals surface area (Å²) >= 11 is 0. The highest BCUT2D eigenvalue weighted by Crippen LogP contribution is 2.32. The molecule has 18 heavy (non-hydrogen) atoms. The van der Waals surface area contributed by atoms with Gasteiger partial charge in [-0.1, -0.05) is 54.0 Å². The van der Waals surface area contributed by atoms with Gasteiger partial charge < -0.3 is 0 Å². The lowest BCUT2D eigenvalue weighted by atomic mass is 9.78. The van der Waals surface area contributed by atoms with Crippen LogP contribution in [0.5, 0.6) is 0 Å². The van der Waals surface area contributed by atoms with Gasteiger partial charge in [-0.25, -0.2) is 0 Å². The lowest BCUT2D eigenvalue weighted by Gasteiger charge is -2.27. The highest BCUT2D eigenvalue weighted by molar-refractivity contribution is 5.24. The minimum atomic E-state index is 0.283. The molecule has 0 saturated heterocycles. The second-order valence-corrected chi connectivity index (χ2v) is 5.91. The zero-order valence-corrected chi connectivity index (χ0v) is 13.0. The average Bonchev–Trinajstić information content (AvgIpc) is 2.44. The van der Waals surface area contributed by atoms with Crippen LogP contribution in [0.15, 0.2) is 18.3 Å². The van der Waals surface area contributed by atoms with Crippen molar-refractivity contribution in [1.29, 1.82) is 0 Å². The number of hydrogen-bond donors (Lipinski definition) is 0. The number of nitrogens with zero attached hydrogens (tertiary/aromatic N) is 1. The van der Waals surface area contributed by atoms with Gasteiger partial charge in [0.2, 0.25) is 0 Å². The van der Waals surface area contributed by atoms with E-state index < -0.39 is 0 Å². The van der Waals surface area contributed by atoms with Crippen molar-refractivity contribution >= 4 is 0 Å². The van der Waals surface area contributed by atoms with Crippen molar-refractivity contribution in [3.8, 4) is 0 Å². The Hall–Kier alpha value is -0.850. The van der Waals surface area contributed by atoms with Crippen LogP contribution >= 0.6 is 0 Å². The largest absolute Gasteiger partial charge is 0.261 e. The summed E-state index contributed by atoms with van der Waals surface area (Å²) in [4.78, 5) is 4.71. The van der Waals surface area contributed by atoms with Gasteiger partial charge in [-0.15, -0.1) is 0 Å². The van der Waals surface area contributed by atoms with Crippen LogP contribution in [0.2, 0.25) is 0 Å². The summed E-state index contributed by atoms with van der Waals surface area (Å²) in [5, 5.41) is 0.